The van der Waals surface area contributed by atoms with Crippen LogP contribution in [0.25, 0.3) is 0 Å². The van der Waals surface area contributed by atoms with E-state index in [1.807, 2.05) is 0 Å². The number of hydrogen-bond acceptors (Lipinski definition) is 3. The van der Waals surface area contributed by atoms with Crippen molar-refractivity contribution in [1.29, 1.82) is 0 Å². The van der Waals surface area contributed by atoms with E-state index in [1.54, 1.807) is 6.07 Å². The lowest BCUT2D eigenvalue weighted by molar-refractivity contribution is 0.0595. The second kappa shape index (κ2) is 7.27. The lowest BCUT2D eigenvalue weighted by atomic mass is 10.0. The van der Waals surface area contributed by atoms with Crippen LogP contribution in [0.15, 0.2) is 18.2 Å². The Balaban J connectivity index is 1.97. The van der Waals surface area contributed by atoms with Crippen molar-refractivity contribution in [1.82, 2.24) is 0 Å². The molecule has 1 aromatic carbocycles. The third-order valence-corrected chi connectivity index (χ3v) is 3.94. The fraction of sp³-hybridized carbons (Fsp3) is 0.562. The number of esters is 1. The zero-order valence-electron chi connectivity index (χ0n) is 12.0. The van der Waals surface area contributed by atoms with Crippen LogP contribution in [0.2, 0.25) is 0 Å². The molecule has 0 spiro atoms. The number of methoxy groups -OCH3 is 1. The van der Waals surface area contributed by atoms with Crippen molar-refractivity contribution in [3.63, 3.8) is 0 Å². The van der Waals surface area contributed by atoms with E-state index in [-0.39, 0.29) is 5.56 Å². The first-order valence-corrected chi connectivity index (χ1v) is 7.32. The Morgan fingerprint density at radius 3 is 2.65 bits per heavy atom. The van der Waals surface area contributed by atoms with Crippen molar-refractivity contribution < 1.29 is 13.9 Å². The fourth-order valence-corrected chi connectivity index (χ4v) is 2.73. The van der Waals surface area contributed by atoms with Crippen LogP contribution in [0.5, 0.6) is 0 Å². The molecule has 0 atom stereocenters. The maximum absolute atomic E-state index is 13.5. The normalized spacial score (nSPS) is 16.5. The molecule has 1 aliphatic carbocycles. The molecular formula is C16H22FNO2. The van der Waals surface area contributed by atoms with Gasteiger partial charge >= 0.3 is 5.97 Å². The lowest BCUT2D eigenvalue weighted by Crippen LogP contribution is -2.14. The number of rotatable bonds is 4. The quantitative estimate of drug-likeness (QED) is 0.669. The Labute approximate surface area is 119 Å². The monoisotopic (exact) mass is 279 g/mol. The summed E-state index contributed by atoms with van der Waals surface area (Å²) >= 11 is 0. The smallest absolute Gasteiger partial charge is 0.340 e. The second-order valence-corrected chi connectivity index (χ2v) is 5.42. The Hall–Kier alpha value is -1.58. The molecule has 1 fully saturated rings. The second-order valence-electron chi connectivity index (χ2n) is 5.42. The van der Waals surface area contributed by atoms with Crippen molar-refractivity contribution >= 4 is 11.7 Å². The molecule has 0 saturated heterocycles. The van der Waals surface area contributed by atoms with Crippen LogP contribution in [-0.2, 0) is 4.74 Å². The molecular weight excluding hydrogens is 257 g/mol. The van der Waals surface area contributed by atoms with Crippen molar-refractivity contribution in [3.05, 3.63) is 29.6 Å². The van der Waals surface area contributed by atoms with Gasteiger partial charge in [-0.25, -0.2) is 9.18 Å². The van der Waals surface area contributed by atoms with Crippen LogP contribution in [0, 0.1) is 11.7 Å². The highest BCUT2D eigenvalue weighted by atomic mass is 19.1. The summed E-state index contributed by atoms with van der Waals surface area (Å²) in [6.45, 7) is 0.881. The highest BCUT2D eigenvalue weighted by Gasteiger charge is 2.14. The van der Waals surface area contributed by atoms with E-state index in [0.717, 1.165) is 12.2 Å². The van der Waals surface area contributed by atoms with Gasteiger partial charge in [-0.05, 0) is 37.0 Å². The largest absolute Gasteiger partial charge is 0.465 e. The zero-order valence-corrected chi connectivity index (χ0v) is 12.0. The molecule has 0 heterocycles. The summed E-state index contributed by atoms with van der Waals surface area (Å²) in [5.41, 5.74) is 0.759. The van der Waals surface area contributed by atoms with Crippen molar-refractivity contribution in [2.45, 2.75) is 38.5 Å². The third-order valence-electron chi connectivity index (χ3n) is 3.94. The number of carbonyl (C=O) groups is 1. The summed E-state index contributed by atoms with van der Waals surface area (Å²) in [6, 6.07) is 4.50. The van der Waals surface area contributed by atoms with E-state index in [4.69, 9.17) is 0 Å². The first-order chi connectivity index (χ1) is 9.70. The Morgan fingerprint density at radius 2 is 2.00 bits per heavy atom. The summed E-state index contributed by atoms with van der Waals surface area (Å²) in [5.74, 6) is -0.512. The Kier molecular flexibility index (Phi) is 5.39. The number of halogens is 1. The number of hydrogen-bond donors (Lipinski definition) is 1. The number of carbonyl (C=O) groups excluding carboxylic acids is 1. The van der Waals surface area contributed by atoms with Crippen LogP contribution in [0.1, 0.15) is 48.9 Å². The molecule has 0 unspecified atom stereocenters. The Morgan fingerprint density at radius 1 is 1.30 bits per heavy atom. The molecule has 1 saturated carbocycles. The summed E-state index contributed by atoms with van der Waals surface area (Å²) in [5, 5.41) is 3.31. The minimum absolute atomic E-state index is 0.0154. The molecule has 3 nitrogen and oxygen atoms in total. The molecule has 110 valence electrons. The first kappa shape index (κ1) is 14.8. The van der Waals surface area contributed by atoms with Crippen LogP contribution in [0.3, 0.4) is 0 Å². The molecule has 0 aliphatic heterocycles. The van der Waals surface area contributed by atoms with Gasteiger partial charge in [0.15, 0.2) is 0 Å². The fourth-order valence-electron chi connectivity index (χ4n) is 2.73. The SMILES string of the molecule is COC(=O)c1cc(NCC2CCCCCC2)ccc1F. The number of anilines is 1. The highest BCUT2D eigenvalue weighted by molar-refractivity contribution is 5.90. The molecule has 20 heavy (non-hydrogen) atoms. The third kappa shape index (κ3) is 3.95. The van der Waals surface area contributed by atoms with Gasteiger partial charge in [0.2, 0.25) is 0 Å². The van der Waals surface area contributed by atoms with E-state index in [0.29, 0.717) is 5.92 Å². The van der Waals surface area contributed by atoms with Gasteiger partial charge in [0.25, 0.3) is 0 Å². The molecule has 2 rings (SSSR count). The summed E-state index contributed by atoms with van der Waals surface area (Å²) < 4.78 is 18.1. The van der Waals surface area contributed by atoms with Crippen LogP contribution in [0.4, 0.5) is 10.1 Å². The predicted octanol–water partition coefficient (Wildman–Crippen LogP) is 3.99. The van der Waals surface area contributed by atoms with E-state index >= 15 is 0 Å². The maximum Gasteiger partial charge on any atom is 0.340 e. The van der Waals surface area contributed by atoms with Gasteiger partial charge in [-0.2, -0.15) is 0 Å². The van der Waals surface area contributed by atoms with Crippen LogP contribution in [-0.4, -0.2) is 19.6 Å². The molecule has 4 heteroatoms. The van der Waals surface area contributed by atoms with Gasteiger partial charge in [-0.1, -0.05) is 25.7 Å². The average Bonchev–Trinajstić information content (AvgIpc) is 2.74. The van der Waals surface area contributed by atoms with E-state index in [1.165, 1.54) is 57.8 Å². The summed E-state index contributed by atoms with van der Waals surface area (Å²) in [6.07, 6.45) is 7.75. The number of benzene rings is 1. The van der Waals surface area contributed by atoms with Crippen molar-refractivity contribution in [3.8, 4) is 0 Å². The molecule has 1 N–H and O–H groups in total. The summed E-state index contributed by atoms with van der Waals surface area (Å²) in [4.78, 5) is 11.4. The van der Waals surface area contributed by atoms with Gasteiger partial charge in [0.1, 0.15) is 5.82 Å². The van der Waals surface area contributed by atoms with E-state index in [2.05, 4.69) is 10.1 Å². The predicted molar refractivity (Wildman–Crippen MR) is 77.4 cm³/mol. The van der Waals surface area contributed by atoms with Gasteiger partial charge in [0, 0.05) is 12.2 Å². The van der Waals surface area contributed by atoms with Gasteiger partial charge in [-0.15, -0.1) is 0 Å². The summed E-state index contributed by atoms with van der Waals surface area (Å²) in [7, 11) is 1.26. The Bertz CT molecular complexity index is 454. The first-order valence-electron chi connectivity index (χ1n) is 7.32. The molecule has 0 aromatic heterocycles. The lowest BCUT2D eigenvalue weighted by Gasteiger charge is -2.16. The topological polar surface area (TPSA) is 38.3 Å². The van der Waals surface area contributed by atoms with Crippen molar-refractivity contribution in [2.75, 3.05) is 19.0 Å². The van der Waals surface area contributed by atoms with Gasteiger partial charge < -0.3 is 10.1 Å². The molecule has 1 aromatic rings. The molecule has 1 aliphatic rings. The standard InChI is InChI=1S/C16H22FNO2/c1-20-16(19)14-10-13(8-9-15(14)17)18-11-12-6-4-2-3-5-7-12/h8-10,12,18H,2-7,11H2,1H3. The minimum atomic E-state index is -0.638. The molecule has 0 amide bonds. The average molecular weight is 279 g/mol. The highest BCUT2D eigenvalue weighted by Crippen LogP contribution is 2.24. The van der Waals surface area contributed by atoms with E-state index < -0.39 is 11.8 Å². The van der Waals surface area contributed by atoms with Gasteiger partial charge in [0.05, 0.1) is 12.7 Å². The van der Waals surface area contributed by atoms with Crippen LogP contribution >= 0.6 is 0 Å². The molecule has 0 bridgehead atoms. The van der Waals surface area contributed by atoms with Crippen LogP contribution < -0.4 is 5.32 Å². The molecule has 0 radical (unpaired) electrons. The van der Waals surface area contributed by atoms with Crippen molar-refractivity contribution in [2.24, 2.45) is 5.92 Å². The zero-order chi connectivity index (χ0) is 14.4. The van der Waals surface area contributed by atoms with E-state index in [9.17, 15) is 9.18 Å². The maximum atomic E-state index is 13.5. The number of nitrogens with one attached hydrogen (secondary N) is 1. The van der Waals surface area contributed by atoms with Gasteiger partial charge in [-0.3, -0.25) is 0 Å². The minimum Gasteiger partial charge on any atom is -0.465 e. The number of ether oxygens (including phenoxy) is 1.